The molecule has 6 heteroatoms. The van der Waals surface area contributed by atoms with Crippen LogP contribution in [0.1, 0.15) is 11.1 Å². The van der Waals surface area contributed by atoms with Gasteiger partial charge in [-0.1, -0.05) is 36.4 Å². The minimum Gasteiger partial charge on any atom is -0.497 e. The molecule has 0 atom stereocenters. The van der Waals surface area contributed by atoms with Crippen molar-refractivity contribution >= 4 is 28.4 Å². The molecule has 34 heavy (non-hydrogen) atoms. The number of nitrogens with zero attached hydrogens (tertiary/aromatic N) is 2. The highest BCUT2D eigenvalue weighted by Gasteiger charge is 2.11. The van der Waals surface area contributed by atoms with Crippen molar-refractivity contribution in [2.24, 2.45) is 0 Å². The van der Waals surface area contributed by atoms with Gasteiger partial charge in [0.15, 0.2) is 0 Å². The van der Waals surface area contributed by atoms with Crippen LogP contribution < -0.4 is 15.4 Å². The first-order valence-electron chi connectivity index (χ1n) is 11.1. The van der Waals surface area contributed by atoms with Gasteiger partial charge in [-0.2, -0.15) is 0 Å². The third-order valence-electron chi connectivity index (χ3n) is 5.71. The number of methoxy groups -OCH3 is 1. The van der Waals surface area contributed by atoms with Crippen molar-refractivity contribution in [3.8, 4) is 5.75 Å². The molecule has 0 aliphatic rings. The Labute approximate surface area is 197 Å². The lowest BCUT2D eigenvalue weighted by Crippen LogP contribution is -2.05. The summed E-state index contributed by atoms with van der Waals surface area (Å²) in [7, 11) is 1.67. The standard InChI is InChI=1S/C28H25FN4O/c1-34-25-16-8-20(9-17-25)18-30-23-12-14-24(15-13-23)31-28-32-26-4-2-3-5-27(26)33(28)19-21-6-10-22(29)11-7-21/h2-17,30H,18-19H2,1H3,(H,31,32). The second-order valence-electron chi connectivity index (χ2n) is 8.04. The fourth-order valence-electron chi connectivity index (χ4n) is 3.85. The molecule has 0 aliphatic heterocycles. The molecule has 0 amide bonds. The third-order valence-corrected chi connectivity index (χ3v) is 5.71. The number of imidazole rings is 1. The van der Waals surface area contributed by atoms with Crippen molar-refractivity contribution in [2.75, 3.05) is 17.7 Å². The molecule has 0 saturated heterocycles. The molecule has 170 valence electrons. The van der Waals surface area contributed by atoms with Crippen LogP contribution in [-0.4, -0.2) is 16.7 Å². The van der Waals surface area contributed by atoms with Crippen LogP contribution in [0.3, 0.4) is 0 Å². The Hall–Kier alpha value is -4.32. The quantitative estimate of drug-likeness (QED) is 0.279. The van der Waals surface area contributed by atoms with Crippen molar-refractivity contribution in [3.63, 3.8) is 0 Å². The second kappa shape index (κ2) is 9.67. The van der Waals surface area contributed by atoms with E-state index in [4.69, 9.17) is 9.72 Å². The molecule has 5 nitrogen and oxygen atoms in total. The molecular formula is C28H25FN4O. The van der Waals surface area contributed by atoms with Gasteiger partial charge in [-0.15, -0.1) is 0 Å². The Bertz CT molecular complexity index is 1380. The van der Waals surface area contributed by atoms with Crippen LogP contribution in [0.5, 0.6) is 5.75 Å². The number of rotatable bonds is 8. The van der Waals surface area contributed by atoms with Gasteiger partial charge in [0.1, 0.15) is 11.6 Å². The number of ether oxygens (including phenoxy) is 1. The van der Waals surface area contributed by atoms with Crippen LogP contribution in [0.2, 0.25) is 0 Å². The summed E-state index contributed by atoms with van der Waals surface area (Å²) in [5.41, 5.74) is 6.08. The zero-order valence-electron chi connectivity index (χ0n) is 18.8. The number of anilines is 3. The van der Waals surface area contributed by atoms with Crippen LogP contribution in [0, 0.1) is 5.82 Å². The summed E-state index contributed by atoms with van der Waals surface area (Å²) < 4.78 is 20.7. The Balaban J connectivity index is 1.32. The zero-order valence-corrected chi connectivity index (χ0v) is 18.8. The Kier molecular flexibility index (Phi) is 6.12. The maximum atomic E-state index is 13.4. The van der Waals surface area contributed by atoms with Gasteiger partial charge >= 0.3 is 0 Å². The lowest BCUT2D eigenvalue weighted by atomic mass is 10.2. The van der Waals surface area contributed by atoms with Crippen molar-refractivity contribution in [2.45, 2.75) is 13.1 Å². The minimum absolute atomic E-state index is 0.238. The van der Waals surface area contributed by atoms with Crippen molar-refractivity contribution in [1.82, 2.24) is 9.55 Å². The van der Waals surface area contributed by atoms with E-state index in [1.165, 1.54) is 17.7 Å². The minimum atomic E-state index is -0.238. The summed E-state index contributed by atoms with van der Waals surface area (Å²) in [4.78, 5) is 4.79. The molecule has 2 N–H and O–H groups in total. The number of para-hydroxylation sites is 2. The van der Waals surface area contributed by atoms with Crippen molar-refractivity contribution < 1.29 is 9.13 Å². The summed E-state index contributed by atoms with van der Waals surface area (Å²) >= 11 is 0. The van der Waals surface area contributed by atoms with E-state index >= 15 is 0 Å². The molecule has 1 aromatic heterocycles. The topological polar surface area (TPSA) is 51.1 Å². The Morgan fingerprint density at radius 1 is 0.794 bits per heavy atom. The highest BCUT2D eigenvalue weighted by molar-refractivity contribution is 5.80. The lowest BCUT2D eigenvalue weighted by molar-refractivity contribution is 0.414. The molecule has 0 unspecified atom stereocenters. The monoisotopic (exact) mass is 452 g/mol. The molecule has 5 aromatic rings. The van der Waals surface area contributed by atoms with Gasteiger partial charge in [0, 0.05) is 17.9 Å². The average Bonchev–Trinajstić information content (AvgIpc) is 3.22. The average molecular weight is 453 g/mol. The van der Waals surface area contributed by atoms with E-state index in [0.29, 0.717) is 6.54 Å². The fourth-order valence-corrected chi connectivity index (χ4v) is 3.85. The summed E-state index contributed by atoms with van der Waals surface area (Å²) in [6.45, 7) is 1.31. The number of fused-ring (bicyclic) bond motifs is 1. The van der Waals surface area contributed by atoms with Crippen LogP contribution >= 0.6 is 0 Å². The zero-order chi connectivity index (χ0) is 23.3. The Morgan fingerprint density at radius 2 is 1.47 bits per heavy atom. The predicted molar refractivity (Wildman–Crippen MR) is 135 cm³/mol. The van der Waals surface area contributed by atoms with Crippen LogP contribution in [-0.2, 0) is 13.1 Å². The van der Waals surface area contributed by atoms with Crippen LogP contribution in [0.25, 0.3) is 11.0 Å². The van der Waals surface area contributed by atoms with Crippen molar-refractivity contribution in [3.05, 3.63) is 114 Å². The molecule has 0 fully saturated rings. The van der Waals surface area contributed by atoms with E-state index in [0.717, 1.165) is 46.2 Å². The number of aromatic nitrogens is 2. The van der Waals surface area contributed by atoms with Gasteiger partial charge in [-0.3, -0.25) is 0 Å². The number of hydrogen-bond acceptors (Lipinski definition) is 4. The van der Waals surface area contributed by atoms with E-state index in [9.17, 15) is 4.39 Å². The van der Waals surface area contributed by atoms with Gasteiger partial charge in [-0.05, 0) is 71.8 Å². The maximum Gasteiger partial charge on any atom is 0.208 e. The molecule has 1 heterocycles. The SMILES string of the molecule is COc1ccc(CNc2ccc(Nc3nc4ccccc4n3Cc3ccc(F)cc3)cc2)cc1. The van der Waals surface area contributed by atoms with Crippen LogP contribution in [0.15, 0.2) is 97.1 Å². The van der Waals surface area contributed by atoms with Gasteiger partial charge in [-0.25, -0.2) is 9.37 Å². The number of nitrogens with one attached hydrogen (secondary N) is 2. The molecule has 0 saturated carbocycles. The summed E-state index contributed by atoms with van der Waals surface area (Å²) in [5.74, 6) is 1.35. The number of halogens is 1. The normalized spacial score (nSPS) is 10.9. The molecule has 0 aliphatic carbocycles. The molecule has 4 aromatic carbocycles. The third kappa shape index (κ3) is 4.86. The first-order valence-corrected chi connectivity index (χ1v) is 11.1. The van der Waals surface area contributed by atoms with E-state index in [2.05, 4.69) is 15.2 Å². The predicted octanol–water partition coefficient (Wildman–Crippen LogP) is 6.59. The summed E-state index contributed by atoms with van der Waals surface area (Å²) in [6, 6.07) is 30.7. The molecule has 5 rings (SSSR count). The molecular weight excluding hydrogens is 427 g/mol. The van der Waals surface area contributed by atoms with Gasteiger partial charge < -0.3 is 19.9 Å². The number of benzene rings is 4. The van der Waals surface area contributed by atoms with E-state index in [-0.39, 0.29) is 5.82 Å². The molecule has 0 bridgehead atoms. The first kappa shape index (κ1) is 21.5. The Morgan fingerprint density at radius 3 is 2.21 bits per heavy atom. The fraction of sp³-hybridized carbons (Fsp3) is 0.107. The molecule has 0 radical (unpaired) electrons. The van der Waals surface area contributed by atoms with E-state index in [1.807, 2.05) is 72.8 Å². The summed E-state index contributed by atoms with van der Waals surface area (Å²) in [5, 5.41) is 6.88. The van der Waals surface area contributed by atoms with E-state index in [1.54, 1.807) is 19.2 Å². The summed E-state index contributed by atoms with van der Waals surface area (Å²) in [6.07, 6.45) is 0. The highest BCUT2D eigenvalue weighted by atomic mass is 19.1. The smallest absolute Gasteiger partial charge is 0.208 e. The highest BCUT2D eigenvalue weighted by Crippen LogP contribution is 2.25. The van der Waals surface area contributed by atoms with Crippen molar-refractivity contribution in [1.29, 1.82) is 0 Å². The molecule has 0 spiro atoms. The second-order valence-corrected chi connectivity index (χ2v) is 8.04. The maximum absolute atomic E-state index is 13.4. The van der Waals surface area contributed by atoms with E-state index < -0.39 is 0 Å². The first-order chi connectivity index (χ1) is 16.7. The number of hydrogen-bond donors (Lipinski definition) is 2. The van der Waals surface area contributed by atoms with Gasteiger partial charge in [0.2, 0.25) is 5.95 Å². The largest absolute Gasteiger partial charge is 0.497 e. The van der Waals surface area contributed by atoms with Crippen LogP contribution in [0.4, 0.5) is 21.7 Å². The van der Waals surface area contributed by atoms with Gasteiger partial charge in [0.05, 0.1) is 24.7 Å². The van der Waals surface area contributed by atoms with Gasteiger partial charge in [0.25, 0.3) is 0 Å². The lowest BCUT2D eigenvalue weighted by Gasteiger charge is -2.12.